The summed E-state index contributed by atoms with van der Waals surface area (Å²) in [5.74, 6) is -0.0787. The van der Waals surface area contributed by atoms with Crippen LogP contribution in [0.5, 0.6) is 0 Å². The maximum atomic E-state index is 12.3. The Morgan fingerprint density at radius 1 is 0.895 bits per heavy atom. The molecule has 0 fully saturated rings. The molecule has 19 heavy (non-hydrogen) atoms. The number of benzene rings is 2. The van der Waals surface area contributed by atoms with Crippen LogP contribution < -0.4 is 0 Å². The number of aliphatic imine (C=N–C) groups is 1. The van der Waals surface area contributed by atoms with Crippen LogP contribution in [0, 0.1) is 0 Å². The molecule has 0 N–H and O–H groups in total. The Morgan fingerprint density at radius 2 is 1.53 bits per heavy atom. The molecule has 0 atom stereocenters. The predicted octanol–water partition coefficient (Wildman–Crippen LogP) is 3.34. The lowest BCUT2D eigenvalue weighted by atomic mass is 9.77. The highest BCUT2D eigenvalue weighted by Crippen LogP contribution is 2.33. The summed E-state index contributed by atoms with van der Waals surface area (Å²) >= 11 is 0. The molecule has 0 spiro atoms. The van der Waals surface area contributed by atoms with E-state index in [4.69, 9.17) is 0 Å². The first-order chi connectivity index (χ1) is 9.10. The zero-order valence-corrected chi connectivity index (χ0v) is 11.1. The third kappa shape index (κ3) is 1.80. The van der Waals surface area contributed by atoms with Crippen molar-refractivity contribution in [3.63, 3.8) is 0 Å². The molecule has 0 saturated carbocycles. The third-order valence-electron chi connectivity index (χ3n) is 3.65. The van der Waals surface area contributed by atoms with Crippen molar-refractivity contribution < 1.29 is 4.79 Å². The van der Waals surface area contributed by atoms with Gasteiger partial charge in [-0.2, -0.15) is 0 Å². The topological polar surface area (TPSA) is 29.4 Å². The van der Waals surface area contributed by atoms with E-state index < -0.39 is 5.41 Å². The lowest BCUT2D eigenvalue weighted by molar-refractivity contribution is -0.122. The van der Waals surface area contributed by atoms with Gasteiger partial charge in [0.05, 0.1) is 11.1 Å². The van der Waals surface area contributed by atoms with Crippen molar-refractivity contribution in [2.75, 3.05) is 0 Å². The molecule has 0 bridgehead atoms. The maximum absolute atomic E-state index is 12.3. The number of rotatable bonds is 1. The Hall–Kier alpha value is -2.22. The second kappa shape index (κ2) is 4.16. The minimum atomic E-state index is -0.547. The number of carbonyl (C=O) groups is 1. The van der Waals surface area contributed by atoms with Crippen LogP contribution in [-0.4, -0.2) is 11.6 Å². The zero-order chi connectivity index (χ0) is 13.5. The average Bonchev–Trinajstić information content (AvgIpc) is 2.44. The van der Waals surface area contributed by atoms with Gasteiger partial charge in [-0.25, -0.2) is 4.99 Å². The summed E-state index contributed by atoms with van der Waals surface area (Å²) in [5, 5.41) is 0. The maximum Gasteiger partial charge on any atom is 0.256 e. The molecule has 0 aromatic heterocycles. The highest BCUT2D eigenvalue weighted by atomic mass is 16.1. The van der Waals surface area contributed by atoms with E-state index in [1.54, 1.807) is 0 Å². The van der Waals surface area contributed by atoms with E-state index in [1.807, 2.05) is 68.4 Å². The molecule has 1 aliphatic rings. The highest BCUT2D eigenvalue weighted by molar-refractivity contribution is 6.21. The first-order valence-electron chi connectivity index (χ1n) is 6.39. The number of hydrogen-bond donors (Lipinski definition) is 0. The summed E-state index contributed by atoms with van der Waals surface area (Å²) in [5.41, 5.74) is 3.32. The van der Waals surface area contributed by atoms with Crippen LogP contribution in [0.1, 0.15) is 30.5 Å². The summed E-state index contributed by atoms with van der Waals surface area (Å²) in [7, 11) is 0. The van der Waals surface area contributed by atoms with Crippen LogP contribution in [0.3, 0.4) is 0 Å². The molecule has 1 aliphatic heterocycles. The van der Waals surface area contributed by atoms with E-state index >= 15 is 0 Å². The van der Waals surface area contributed by atoms with E-state index in [1.165, 1.54) is 0 Å². The van der Waals surface area contributed by atoms with Crippen molar-refractivity contribution in [3.8, 4) is 0 Å². The second-order valence-electron chi connectivity index (χ2n) is 5.30. The molecular weight excluding hydrogens is 234 g/mol. The lowest BCUT2D eigenvalue weighted by Crippen LogP contribution is -2.34. The van der Waals surface area contributed by atoms with Gasteiger partial charge in [-0.05, 0) is 19.4 Å². The third-order valence-corrected chi connectivity index (χ3v) is 3.65. The number of amides is 1. The van der Waals surface area contributed by atoms with E-state index in [2.05, 4.69) is 4.99 Å². The van der Waals surface area contributed by atoms with Crippen LogP contribution in [0.15, 0.2) is 59.6 Å². The molecule has 1 heterocycles. The first-order valence-corrected chi connectivity index (χ1v) is 6.39. The van der Waals surface area contributed by atoms with Gasteiger partial charge in [0.2, 0.25) is 0 Å². The fraction of sp³-hybridized carbons (Fsp3) is 0.176. The van der Waals surface area contributed by atoms with Gasteiger partial charge in [0.1, 0.15) is 0 Å². The van der Waals surface area contributed by atoms with Gasteiger partial charge in [0, 0.05) is 11.1 Å². The minimum absolute atomic E-state index is 0.0787. The molecule has 0 unspecified atom stereocenters. The Kier molecular flexibility index (Phi) is 2.59. The Morgan fingerprint density at radius 3 is 2.26 bits per heavy atom. The Balaban J connectivity index is 2.26. The summed E-state index contributed by atoms with van der Waals surface area (Å²) in [6.45, 7) is 3.86. The summed E-state index contributed by atoms with van der Waals surface area (Å²) in [6.07, 6.45) is 0. The van der Waals surface area contributed by atoms with Crippen molar-refractivity contribution in [3.05, 3.63) is 71.3 Å². The van der Waals surface area contributed by atoms with Crippen molar-refractivity contribution in [1.29, 1.82) is 0 Å². The van der Waals surface area contributed by atoms with Gasteiger partial charge in [0.25, 0.3) is 5.91 Å². The van der Waals surface area contributed by atoms with Crippen LogP contribution in [0.4, 0.5) is 0 Å². The van der Waals surface area contributed by atoms with Crippen LogP contribution in [0.25, 0.3) is 0 Å². The molecule has 2 nitrogen and oxygen atoms in total. The van der Waals surface area contributed by atoms with E-state index in [-0.39, 0.29) is 5.91 Å². The van der Waals surface area contributed by atoms with Gasteiger partial charge >= 0.3 is 0 Å². The minimum Gasteiger partial charge on any atom is -0.272 e. The normalized spacial score (nSPS) is 16.7. The van der Waals surface area contributed by atoms with E-state index in [9.17, 15) is 4.79 Å². The highest BCUT2D eigenvalue weighted by Gasteiger charge is 2.36. The molecular formula is C17H15NO. The second-order valence-corrected chi connectivity index (χ2v) is 5.30. The summed E-state index contributed by atoms with van der Waals surface area (Å²) < 4.78 is 0. The van der Waals surface area contributed by atoms with Gasteiger partial charge < -0.3 is 0 Å². The van der Waals surface area contributed by atoms with Crippen molar-refractivity contribution >= 4 is 11.6 Å². The van der Waals surface area contributed by atoms with Gasteiger partial charge in [0.15, 0.2) is 0 Å². The van der Waals surface area contributed by atoms with Crippen molar-refractivity contribution in [2.24, 2.45) is 4.99 Å². The van der Waals surface area contributed by atoms with Crippen LogP contribution in [-0.2, 0) is 10.2 Å². The molecule has 2 aromatic rings. The number of fused-ring (bicyclic) bond motifs is 1. The van der Waals surface area contributed by atoms with Gasteiger partial charge in [-0.15, -0.1) is 0 Å². The zero-order valence-electron chi connectivity index (χ0n) is 11.1. The Labute approximate surface area is 112 Å². The van der Waals surface area contributed by atoms with Crippen molar-refractivity contribution in [2.45, 2.75) is 19.3 Å². The molecule has 3 rings (SSSR count). The molecule has 94 valence electrons. The lowest BCUT2D eigenvalue weighted by Gasteiger charge is -2.29. The van der Waals surface area contributed by atoms with E-state index in [0.29, 0.717) is 0 Å². The summed E-state index contributed by atoms with van der Waals surface area (Å²) in [6, 6.07) is 17.9. The SMILES string of the molecule is CC1(C)C(=O)N=C(c2ccccc2)c2ccccc21. The monoisotopic (exact) mass is 249 g/mol. The Bertz CT molecular complexity index is 669. The predicted molar refractivity (Wildman–Crippen MR) is 76.6 cm³/mol. The van der Waals surface area contributed by atoms with Crippen LogP contribution in [0.2, 0.25) is 0 Å². The quantitative estimate of drug-likeness (QED) is 0.762. The van der Waals surface area contributed by atoms with Gasteiger partial charge in [-0.1, -0.05) is 54.6 Å². The van der Waals surface area contributed by atoms with Gasteiger partial charge in [-0.3, -0.25) is 4.79 Å². The number of hydrogen-bond acceptors (Lipinski definition) is 1. The molecule has 2 heteroatoms. The molecule has 1 amide bonds. The largest absolute Gasteiger partial charge is 0.272 e. The fourth-order valence-corrected chi connectivity index (χ4v) is 2.47. The molecule has 0 aliphatic carbocycles. The molecule has 0 radical (unpaired) electrons. The first kappa shape index (κ1) is 11.8. The number of carbonyl (C=O) groups excluding carboxylic acids is 1. The summed E-state index contributed by atoms with van der Waals surface area (Å²) in [4.78, 5) is 16.6. The molecule has 0 saturated heterocycles. The van der Waals surface area contributed by atoms with Crippen LogP contribution >= 0.6 is 0 Å². The number of nitrogens with zero attached hydrogens (tertiary/aromatic N) is 1. The fourth-order valence-electron chi connectivity index (χ4n) is 2.47. The van der Waals surface area contributed by atoms with Crippen molar-refractivity contribution in [1.82, 2.24) is 0 Å². The standard InChI is InChI=1S/C17H15NO/c1-17(2)14-11-7-6-10-13(14)15(18-16(17)19)12-8-4-3-5-9-12/h3-11H,1-2H3. The van der Waals surface area contributed by atoms with E-state index in [0.717, 1.165) is 22.4 Å². The molecule has 2 aromatic carbocycles. The average molecular weight is 249 g/mol. The smallest absolute Gasteiger partial charge is 0.256 e.